The highest BCUT2D eigenvalue weighted by Crippen LogP contribution is 2.35. The van der Waals surface area contributed by atoms with E-state index in [-0.39, 0.29) is 0 Å². The van der Waals surface area contributed by atoms with E-state index in [1.54, 1.807) is 0 Å². The number of hydrogen-bond donors (Lipinski definition) is 0. The Bertz CT molecular complexity index is 555. The van der Waals surface area contributed by atoms with Gasteiger partial charge in [-0.2, -0.15) is 17.6 Å². The third-order valence-electron chi connectivity index (χ3n) is 3.03. The summed E-state index contributed by atoms with van der Waals surface area (Å²) in [6.07, 6.45) is -5.79. The summed E-state index contributed by atoms with van der Waals surface area (Å²) in [5, 5.41) is 0. The zero-order valence-electron chi connectivity index (χ0n) is 12.6. The summed E-state index contributed by atoms with van der Waals surface area (Å²) in [4.78, 5) is 43.8. The van der Waals surface area contributed by atoms with E-state index in [1.807, 2.05) is 0 Å². The first-order chi connectivity index (χ1) is 12.0. The Labute approximate surface area is 141 Å². The Morgan fingerprint density at radius 1 is 0.846 bits per heavy atom. The summed E-state index contributed by atoms with van der Waals surface area (Å²) in [6, 6.07) is 0. The van der Waals surface area contributed by atoms with Gasteiger partial charge in [0, 0.05) is 0 Å². The molecule has 2 aliphatic rings. The Kier molecular flexibility index (Phi) is 5.41. The maximum Gasteiger partial charge on any atom is 0.509 e. The molecule has 0 radical (unpaired) electrons. The molecule has 0 saturated carbocycles. The van der Waals surface area contributed by atoms with Crippen molar-refractivity contribution in [1.29, 1.82) is 0 Å². The van der Waals surface area contributed by atoms with Crippen LogP contribution in [0, 0.1) is 0 Å². The van der Waals surface area contributed by atoms with Gasteiger partial charge in [0.25, 0.3) is 0 Å². The molecule has 2 saturated heterocycles. The van der Waals surface area contributed by atoms with Crippen molar-refractivity contribution in [3.63, 3.8) is 0 Å². The van der Waals surface area contributed by atoms with Gasteiger partial charge in [-0.25, -0.2) is 19.2 Å². The van der Waals surface area contributed by atoms with Crippen molar-refractivity contribution in [1.82, 2.24) is 0 Å². The maximum atomic E-state index is 13.5. The van der Waals surface area contributed by atoms with Crippen molar-refractivity contribution >= 4 is 24.2 Å². The van der Waals surface area contributed by atoms with Gasteiger partial charge < -0.3 is 28.4 Å². The first kappa shape index (κ1) is 19.5. The number of halogens is 4. The molecule has 14 heteroatoms. The van der Waals surface area contributed by atoms with Gasteiger partial charge in [0.1, 0.15) is 13.2 Å². The average Bonchev–Trinajstić information content (AvgIpc) is 3.19. The molecule has 0 aliphatic carbocycles. The van der Waals surface area contributed by atoms with Crippen LogP contribution >= 0.6 is 0 Å². The molecule has 2 heterocycles. The van der Waals surface area contributed by atoms with Crippen molar-refractivity contribution in [2.45, 2.75) is 24.1 Å². The summed E-state index contributed by atoms with van der Waals surface area (Å²) < 4.78 is 79.0. The topological polar surface area (TPSA) is 124 Å². The largest absolute Gasteiger partial charge is 0.509 e. The number of hydrogen-bond acceptors (Lipinski definition) is 10. The second-order valence-electron chi connectivity index (χ2n) is 4.96. The molecule has 0 spiro atoms. The smallest absolute Gasteiger partial charge is 0.456 e. The van der Waals surface area contributed by atoms with E-state index >= 15 is 0 Å². The van der Waals surface area contributed by atoms with Crippen LogP contribution in [-0.4, -0.2) is 74.7 Å². The zero-order valence-corrected chi connectivity index (χ0v) is 12.6. The van der Waals surface area contributed by atoms with Crippen LogP contribution in [-0.2, 0) is 38.0 Å². The average molecular weight is 390 g/mol. The van der Waals surface area contributed by atoms with E-state index in [0.29, 0.717) is 0 Å². The van der Waals surface area contributed by atoms with Crippen LogP contribution < -0.4 is 0 Å². The third-order valence-corrected chi connectivity index (χ3v) is 3.03. The molecule has 146 valence electrons. The fraction of sp³-hybridized carbons (Fsp3) is 0.667. The van der Waals surface area contributed by atoms with Crippen molar-refractivity contribution in [3.8, 4) is 0 Å². The molecule has 10 nitrogen and oxygen atoms in total. The summed E-state index contributed by atoms with van der Waals surface area (Å²) in [5.74, 6) is -12.9. The lowest BCUT2D eigenvalue weighted by atomic mass is 10.2. The Morgan fingerprint density at radius 3 is 1.46 bits per heavy atom. The molecule has 2 fully saturated rings. The van der Waals surface area contributed by atoms with Crippen LogP contribution in [0.4, 0.5) is 27.2 Å². The van der Waals surface area contributed by atoms with Gasteiger partial charge in [0.2, 0.25) is 12.2 Å². The number of esters is 2. The van der Waals surface area contributed by atoms with Gasteiger partial charge >= 0.3 is 36.1 Å². The molecule has 2 unspecified atom stereocenters. The molecular weight excluding hydrogens is 380 g/mol. The molecule has 0 aromatic rings. The first-order valence-corrected chi connectivity index (χ1v) is 6.77. The summed E-state index contributed by atoms with van der Waals surface area (Å²) in [5.41, 5.74) is 0. The minimum Gasteiger partial charge on any atom is -0.456 e. The lowest BCUT2D eigenvalue weighted by Crippen LogP contribution is -2.49. The van der Waals surface area contributed by atoms with E-state index < -0.39 is 74.7 Å². The Hall–Kier alpha value is -2.80. The SMILES string of the molecule is O=C1OCC(C(=O)OCC(F)(F)C(F)(F)COC(=O)C2COC(=O)O2)O1. The molecule has 26 heavy (non-hydrogen) atoms. The molecule has 0 amide bonds. The standard InChI is InChI=1S/C12H10F4O10/c13-11(14,3-23-7(17)5-1-21-9(19)25-5)12(15,16)4-24-8(18)6-2-22-10(20)26-6/h5-6H,1-4H2. The highest BCUT2D eigenvalue weighted by molar-refractivity contribution is 5.80. The maximum absolute atomic E-state index is 13.5. The van der Waals surface area contributed by atoms with Crippen molar-refractivity contribution in [2.24, 2.45) is 0 Å². The fourth-order valence-electron chi connectivity index (χ4n) is 1.61. The van der Waals surface area contributed by atoms with Crippen molar-refractivity contribution in [2.75, 3.05) is 26.4 Å². The zero-order chi connectivity index (χ0) is 19.5. The van der Waals surface area contributed by atoms with E-state index in [2.05, 4.69) is 28.4 Å². The minimum absolute atomic E-state index is 0.612. The molecular formula is C12H10F4O10. The lowest BCUT2D eigenvalue weighted by Gasteiger charge is -2.26. The highest BCUT2D eigenvalue weighted by Gasteiger charge is 2.58. The second kappa shape index (κ2) is 7.21. The predicted molar refractivity (Wildman–Crippen MR) is 64.3 cm³/mol. The highest BCUT2D eigenvalue weighted by atomic mass is 19.3. The van der Waals surface area contributed by atoms with Gasteiger partial charge in [-0.05, 0) is 0 Å². The fourth-order valence-corrected chi connectivity index (χ4v) is 1.61. The van der Waals surface area contributed by atoms with Crippen LogP contribution in [0.15, 0.2) is 0 Å². The van der Waals surface area contributed by atoms with Gasteiger partial charge in [0.15, 0.2) is 13.2 Å². The summed E-state index contributed by atoms with van der Waals surface area (Å²) >= 11 is 0. The number of carbonyl (C=O) groups is 4. The van der Waals surface area contributed by atoms with Crippen molar-refractivity contribution in [3.05, 3.63) is 0 Å². The van der Waals surface area contributed by atoms with Gasteiger partial charge in [-0.3, -0.25) is 0 Å². The summed E-state index contributed by atoms with van der Waals surface area (Å²) in [6.45, 7) is -5.38. The van der Waals surface area contributed by atoms with Crippen LogP contribution in [0.1, 0.15) is 0 Å². The van der Waals surface area contributed by atoms with E-state index in [0.717, 1.165) is 0 Å². The van der Waals surface area contributed by atoms with E-state index in [4.69, 9.17) is 0 Å². The molecule has 0 aromatic heterocycles. The van der Waals surface area contributed by atoms with Gasteiger partial charge in [-0.15, -0.1) is 0 Å². The normalized spacial score (nSPS) is 22.8. The molecule has 2 atom stereocenters. The number of ether oxygens (including phenoxy) is 6. The Morgan fingerprint density at radius 2 is 1.19 bits per heavy atom. The van der Waals surface area contributed by atoms with E-state index in [1.165, 1.54) is 0 Å². The monoisotopic (exact) mass is 390 g/mol. The van der Waals surface area contributed by atoms with E-state index in [9.17, 15) is 36.7 Å². The number of rotatable bonds is 7. The van der Waals surface area contributed by atoms with Crippen LogP contribution in [0.5, 0.6) is 0 Å². The Balaban J connectivity index is 1.83. The van der Waals surface area contributed by atoms with Crippen LogP contribution in [0.25, 0.3) is 0 Å². The molecule has 2 aliphatic heterocycles. The number of carbonyl (C=O) groups excluding carboxylic acids is 4. The predicted octanol–water partition coefficient (Wildman–Crippen LogP) is 0.414. The lowest BCUT2D eigenvalue weighted by molar-refractivity contribution is -0.249. The van der Waals surface area contributed by atoms with Crippen LogP contribution in [0.3, 0.4) is 0 Å². The molecule has 0 N–H and O–H groups in total. The number of cyclic esters (lactones) is 4. The van der Waals surface area contributed by atoms with Crippen LogP contribution in [0.2, 0.25) is 0 Å². The van der Waals surface area contributed by atoms with Gasteiger partial charge in [-0.1, -0.05) is 0 Å². The van der Waals surface area contributed by atoms with Gasteiger partial charge in [0.05, 0.1) is 0 Å². The second-order valence-corrected chi connectivity index (χ2v) is 4.96. The summed E-state index contributed by atoms with van der Waals surface area (Å²) in [7, 11) is 0. The molecule has 0 bridgehead atoms. The number of alkyl halides is 4. The third kappa shape index (κ3) is 4.43. The minimum atomic E-state index is -4.92. The molecule has 0 aromatic carbocycles. The first-order valence-electron chi connectivity index (χ1n) is 6.77. The molecule has 2 rings (SSSR count). The van der Waals surface area contributed by atoms with Crippen molar-refractivity contribution < 1.29 is 65.2 Å². The quantitative estimate of drug-likeness (QED) is 0.343.